The molecule has 6 heteroatoms. The summed E-state index contributed by atoms with van der Waals surface area (Å²) in [5, 5.41) is 3.55. The van der Waals surface area contributed by atoms with Gasteiger partial charge in [0.25, 0.3) is 0 Å². The van der Waals surface area contributed by atoms with Gasteiger partial charge in [0.1, 0.15) is 0 Å². The molecule has 146 valence electrons. The predicted molar refractivity (Wildman–Crippen MR) is 118 cm³/mol. The first-order valence-electron chi connectivity index (χ1n) is 9.47. The van der Waals surface area contributed by atoms with E-state index in [0.29, 0.717) is 5.41 Å². The smallest absolute Gasteiger partial charge is 0.193 e. The number of guanidine groups is 1. The fourth-order valence-electron chi connectivity index (χ4n) is 3.94. The Bertz CT molecular complexity index is 560. The molecule has 3 rings (SSSR count). The SMILES string of the molecule is CN=C(NCCCN(C)Cc1ccccc1)N1CCC2(CCOC2)C1.I. The van der Waals surface area contributed by atoms with Gasteiger partial charge in [0.2, 0.25) is 0 Å². The third-order valence-corrected chi connectivity index (χ3v) is 5.43. The van der Waals surface area contributed by atoms with Crippen molar-refractivity contribution in [2.75, 3.05) is 53.5 Å². The zero-order valence-corrected chi connectivity index (χ0v) is 18.4. The van der Waals surface area contributed by atoms with Crippen LogP contribution in [-0.4, -0.2) is 69.2 Å². The fraction of sp³-hybridized carbons (Fsp3) is 0.650. The fourth-order valence-corrected chi connectivity index (χ4v) is 3.94. The zero-order valence-electron chi connectivity index (χ0n) is 16.1. The summed E-state index contributed by atoms with van der Waals surface area (Å²) in [6.07, 6.45) is 3.54. The van der Waals surface area contributed by atoms with Crippen LogP contribution in [0.25, 0.3) is 0 Å². The first kappa shape index (κ1) is 21.4. The highest BCUT2D eigenvalue weighted by atomic mass is 127. The molecular formula is C20H33IN4O. The van der Waals surface area contributed by atoms with E-state index in [9.17, 15) is 0 Å². The van der Waals surface area contributed by atoms with Gasteiger partial charge in [0.15, 0.2) is 5.96 Å². The molecule has 2 fully saturated rings. The lowest BCUT2D eigenvalue weighted by Crippen LogP contribution is -2.42. The van der Waals surface area contributed by atoms with Crippen molar-refractivity contribution in [3.63, 3.8) is 0 Å². The molecule has 1 aromatic rings. The molecule has 0 aliphatic carbocycles. The minimum absolute atomic E-state index is 0. The predicted octanol–water partition coefficient (Wildman–Crippen LogP) is 2.81. The molecule has 0 radical (unpaired) electrons. The maximum atomic E-state index is 5.63. The van der Waals surface area contributed by atoms with Crippen molar-refractivity contribution in [3.8, 4) is 0 Å². The minimum Gasteiger partial charge on any atom is -0.381 e. The van der Waals surface area contributed by atoms with Gasteiger partial charge in [0, 0.05) is 45.2 Å². The topological polar surface area (TPSA) is 40.1 Å². The second kappa shape index (κ2) is 10.5. The minimum atomic E-state index is 0. The number of nitrogens with one attached hydrogen (secondary N) is 1. The molecule has 2 aliphatic rings. The average Bonchev–Trinajstić information content (AvgIpc) is 3.26. The van der Waals surface area contributed by atoms with Gasteiger partial charge in [-0.05, 0) is 38.4 Å². The summed E-state index contributed by atoms with van der Waals surface area (Å²) in [7, 11) is 4.08. The number of halogens is 1. The normalized spacial score (nSPS) is 22.9. The highest BCUT2D eigenvalue weighted by molar-refractivity contribution is 14.0. The van der Waals surface area contributed by atoms with Crippen molar-refractivity contribution < 1.29 is 4.74 Å². The lowest BCUT2D eigenvalue weighted by molar-refractivity contribution is 0.156. The van der Waals surface area contributed by atoms with Gasteiger partial charge in [-0.15, -0.1) is 24.0 Å². The summed E-state index contributed by atoms with van der Waals surface area (Å²) < 4.78 is 5.63. The first-order valence-corrected chi connectivity index (χ1v) is 9.47. The Balaban J connectivity index is 0.00000243. The van der Waals surface area contributed by atoms with Crippen LogP contribution in [-0.2, 0) is 11.3 Å². The number of benzene rings is 1. The quantitative estimate of drug-likeness (QED) is 0.299. The maximum Gasteiger partial charge on any atom is 0.193 e. The van der Waals surface area contributed by atoms with Crippen LogP contribution in [0.2, 0.25) is 0 Å². The number of hydrogen-bond acceptors (Lipinski definition) is 3. The van der Waals surface area contributed by atoms with E-state index in [0.717, 1.165) is 58.3 Å². The van der Waals surface area contributed by atoms with Crippen LogP contribution < -0.4 is 5.32 Å². The van der Waals surface area contributed by atoms with E-state index in [1.165, 1.54) is 18.4 Å². The number of ether oxygens (including phenoxy) is 1. The molecule has 1 aromatic carbocycles. The van der Waals surface area contributed by atoms with Crippen molar-refractivity contribution >= 4 is 29.9 Å². The Morgan fingerprint density at radius 3 is 2.81 bits per heavy atom. The molecule has 26 heavy (non-hydrogen) atoms. The summed E-state index contributed by atoms with van der Waals surface area (Å²) in [5.74, 6) is 1.05. The number of aliphatic imine (C=N–C) groups is 1. The van der Waals surface area contributed by atoms with Crippen LogP contribution in [0.1, 0.15) is 24.8 Å². The average molecular weight is 472 g/mol. The van der Waals surface area contributed by atoms with E-state index in [-0.39, 0.29) is 24.0 Å². The second-order valence-corrected chi connectivity index (χ2v) is 7.53. The Morgan fingerprint density at radius 1 is 1.31 bits per heavy atom. The van der Waals surface area contributed by atoms with Crippen LogP contribution in [0, 0.1) is 5.41 Å². The lowest BCUT2D eigenvalue weighted by Gasteiger charge is -2.25. The van der Waals surface area contributed by atoms with Gasteiger partial charge < -0.3 is 19.9 Å². The monoisotopic (exact) mass is 472 g/mol. The van der Waals surface area contributed by atoms with E-state index < -0.39 is 0 Å². The Kier molecular flexibility index (Phi) is 8.63. The summed E-state index contributed by atoms with van der Waals surface area (Å²) >= 11 is 0. The van der Waals surface area contributed by atoms with Crippen molar-refractivity contribution in [1.29, 1.82) is 0 Å². The van der Waals surface area contributed by atoms with Gasteiger partial charge in [-0.1, -0.05) is 30.3 Å². The van der Waals surface area contributed by atoms with E-state index in [2.05, 4.69) is 57.5 Å². The summed E-state index contributed by atoms with van der Waals surface area (Å²) in [4.78, 5) is 9.27. The Morgan fingerprint density at radius 2 is 2.12 bits per heavy atom. The maximum absolute atomic E-state index is 5.63. The van der Waals surface area contributed by atoms with E-state index in [1.807, 2.05) is 7.05 Å². The summed E-state index contributed by atoms with van der Waals surface area (Å²) in [5.41, 5.74) is 1.75. The van der Waals surface area contributed by atoms with Crippen molar-refractivity contribution in [2.45, 2.75) is 25.8 Å². The molecule has 1 unspecified atom stereocenters. The molecule has 0 amide bonds. The van der Waals surface area contributed by atoms with Crippen LogP contribution in [0.3, 0.4) is 0 Å². The van der Waals surface area contributed by atoms with Gasteiger partial charge in [-0.25, -0.2) is 0 Å². The van der Waals surface area contributed by atoms with E-state index in [1.54, 1.807) is 0 Å². The Labute approximate surface area is 175 Å². The van der Waals surface area contributed by atoms with Gasteiger partial charge in [-0.2, -0.15) is 0 Å². The van der Waals surface area contributed by atoms with Crippen LogP contribution >= 0.6 is 24.0 Å². The summed E-state index contributed by atoms with van der Waals surface area (Å²) in [6.45, 7) is 7.07. The number of hydrogen-bond donors (Lipinski definition) is 1. The molecule has 0 aromatic heterocycles. The molecule has 1 N–H and O–H groups in total. The van der Waals surface area contributed by atoms with Crippen LogP contribution in [0.5, 0.6) is 0 Å². The first-order chi connectivity index (χ1) is 12.2. The summed E-state index contributed by atoms with van der Waals surface area (Å²) in [6, 6.07) is 10.7. The third kappa shape index (κ3) is 5.82. The van der Waals surface area contributed by atoms with Gasteiger partial charge in [-0.3, -0.25) is 4.99 Å². The highest BCUT2D eigenvalue weighted by Crippen LogP contribution is 2.38. The molecule has 1 atom stereocenters. The number of rotatable bonds is 6. The molecule has 2 aliphatic heterocycles. The van der Waals surface area contributed by atoms with Crippen LogP contribution in [0.4, 0.5) is 0 Å². The molecule has 2 saturated heterocycles. The van der Waals surface area contributed by atoms with E-state index in [4.69, 9.17) is 4.74 Å². The molecule has 1 spiro atoms. The number of likely N-dealkylation sites (tertiary alicyclic amines) is 1. The second-order valence-electron chi connectivity index (χ2n) is 7.53. The molecule has 5 nitrogen and oxygen atoms in total. The molecule has 0 saturated carbocycles. The number of nitrogens with zero attached hydrogens (tertiary/aromatic N) is 3. The third-order valence-electron chi connectivity index (χ3n) is 5.43. The van der Waals surface area contributed by atoms with Crippen molar-refractivity contribution in [1.82, 2.24) is 15.1 Å². The van der Waals surface area contributed by atoms with Gasteiger partial charge >= 0.3 is 0 Å². The largest absolute Gasteiger partial charge is 0.381 e. The van der Waals surface area contributed by atoms with Crippen molar-refractivity contribution in [2.24, 2.45) is 10.4 Å². The lowest BCUT2D eigenvalue weighted by atomic mass is 9.87. The standard InChI is InChI=1S/C20H32N4O.HI/c1-21-19(24-13-9-20(16-24)10-14-25-17-20)22-11-6-12-23(2)15-18-7-4-3-5-8-18;/h3-5,7-8H,6,9-17H2,1-2H3,(H,21,22);1H. The Hall–Kier alpha value is -0.860. The molecule has 0 bridgehead atoms. The van der Waals surface area contributed by atoms with Crippen molar-refractivity contribution in [3.05, 3.63) is 35.9 Å². The molecule has 2 heterocycles. The molecular weight excluding hydrogens is 439 g/mol. The van der Waals surface area contributed by atoms with Gasteiger partial charge in [0.05, 0.1) is 6.61 Å². The highest BCUT2D eigenvalue weighted by Gasteiger charge is 2.42. The van der Waals surface area contributed by atoms with E-state index >= 15 is 0 Å². The van der Waals surface area contributed by atoms with Crippen LogP contribution in [0.15, 0.2) is 35.3 Å². The zero-order chi connectivity index (χ0) is 17.5.